The second-order valence-electron chi connectivity index (χ2n) is 6.59. The van der Waals surface area contributed by atoms with Gasteiger partial charge < -0.3 is 4.74 Å². The van der Waals surface area contributed by atoms with Crippen LogP contribution in [0, 0.1) is 0 Å². The number of carbonyl (C=O) groups excluding carboxylic acids is 2. The van der Waals surface area contributed by atoms with Crippen LogP contribution >= 0.6 is 11.3 Å². The van der Waals surface area contributed by atoms with Gasteiger partial charge in [0, 0.05) is 17.5 Å². The van der Waals surface area contributed by atoms with E-state index in [9.17, 15) is 9.59 Å². The molecule has 0 spiro atoms. The molecule has 0 fully saturated rings. The van der Waals surface area contributed by atoms with Gasteiger partial charge in [-0.3, -0.25) is 9.59 Å². The Morgan fingerprint density at radius 2 is 1.52 bits per heavy atom. The van der Waals surface area contributed by atoms with E-state index in [-0.39, 0.29) is 12.2 Å². The molecule has 0 aliphatic heterocycles. The standard InChI is InChI=1S/C24H19NO3S/c26-22(16-15-21-25-19-13-7-8-14-20(19)29-21)28-24(18-11-5-2-6-12-18)23(27)17-9-3-1-4-10-17/h1-14,24H,15-16H2. The van der Waals surface area contributed by atoms with E-state index in [1.807, 2.05) is 48.5 Å². The topological polar surface area (TPSA) is 56.3 Å². The van der Waals surface area contributed by atoms with Crippen molar-refractivity contribution in [2.24, 2.45) is 0 Å². The van der Waals surface area contributed by atoms with Crippen molar-refractivity contribution in [1.82, 2.24) is 4.98 Å². The molecule has 1 heterocycles. The van der Waals surface area contributed by atoms with Crippen LogP contribution in [0.1, 0.15) is 33.5 Å². The average Bonchev–Trinajstić information content (AvgIpc) is 3.20. The van der Waals surface area contributed by atoms with E-state index >= 15 is 0 Å². The highest BCUT2D eigenvalue weighted by atomic mass is 32.1. The lowest BCUT2D eigenvalue weighted by molar-refractivity contribution is -0.147. The first-order chi connectivity index (χ1) is 14.2. The van der Waals surface area contributed by atoms with Crippen molar-refractivity contribution in [1.29, 1.82) is 0 Å². The molecule has 4 rings (SSSR count). The van der Waals surface area contributed by atoms with Crippen LogP contribution < -0.4 is 0 Å². The number of aryl methyl sites for hydroxylation is 1. The summed E-state index contributed by atoms with van der Waals surface area (Å²) in [5.74, 6) is -0.646. The number of ketones is 1. The van der Waals surface area contributed by atoms with Crippen molar-refractivity contribution in [3.8, 4) is 0 Å². The van der Waals surface area contributed by atoms with Gasteiger partial charge in [-0.1, -0.05) is 72.8 Å². The monoisotopic (exact) mass is 401 g/mol. The molecule has 0 amide bonds. The highest BCUT2D eigenvalue weighted by molar-refractivity contribution is 7.18. The quantitative estimate of drug-likeness (QED) is 0.307. The number of rotatable bonds is 7. The maximum Gasteiger partial charge on any atom is 0.307 e. The summed E-state index contributed by atoms with van der Waals surface area (Å²) in [5, 5.41) is 0.883. The molecule has 0 N–H and O–H groups in total. The molecule has 3 aromatic carbocycles. The largest absolute Gasteiger partial charge is 0.449 e. The number of benzene rings is 3. The van der Waals surface area contributed by atoms with Gasteiger partial charge in [-0.05, 0) is 12.1 Å². The van der Waals surface area contributed by atoms with Crippen molar-refractivity contribution in [2.75, 3.05) is 0 Å². The summed E-state index contributed by atoms with van der Waals surface area (Å²) in [6, 6.07) is 25.9. The third-order valence-corrected chi connectivity index (χ3v) is 5.63. The van der Waals surface area contributed by atoms with Gasteiger partial charge in [-0.15, -0.1) is 11.3 Å². The predicted octanol–water partition coefficient (Wildman–Crippen LogP) is 5.40. The third-order valence-electron chi connectivity index (χ3n) is 4.53. The molecule has 144 valence electrons. The Bertz CT molecular complexity index is 1090. The predicted molar refractivity (Wildman–Crippen MR) is 114 cm³/mol. The average molecular weight is 401 g/mol. The van der Waals surface area contributed by atoms with E-state index in [4.69, 9.17) is 4.74 Å². The van der Waals surface area contributed by atoms with Crippen molar-refractivity contribution in [3.05, 3.63) is 101 Å². The smallest absolute Gasteiger partial charge is 0.307 e. The van der Waals surface area contributed by atoms with Crippen LogP contribution in [0.5, 0.6) is 0 Å². The van der Waals surface area contributed by atoms with Crippen molar-refractivity contribution in [2.45, 2.75) is 18.9 Å². The highest BCUT2D eigenvalue weighted by Gasteiger charge is 2.26. The van der Waals surface area contributed by atoms with Crippen LogP contribution in [0.15, 0.2) is 84.9 Å². The molecule has 0 aliphatic rings. The molecule has 0 saturated carbocycles. The molecule has 0 aliphatic carbocycles. The molecule has 1 atom stereocenters. The number of esters is 1. The normalized spacial score (nSPS) is 11.9. The van der Waals surface area contributed by atoms with E-state index in [2.05, 4.69) is 4.98 Å². The molecule has 0 saturated heterocycles. The van der Waals surface area contributed by atoms with Crippen LogP contribution in [0.2, 0.25) is 0 Å². The first-order valence-corrected chi connectivity index (χ1v) is 10.2. The number of aromatic nitrogens is 1. The zero-order chi connectivity index (χ0) is 20.1. The lowest BCUT2D eigenvalue weighted by Gasteiger charge is -2.17. The van der Waals surface area contributed by atoms with E-state index in [0.717, 1.165) is 15.2 Å². The van der Waals surface area contributed by atoms with Crippen LogP contribution in [-0.4, -0.2) is 16.7 Å². The Hall–Kier alpha value is -3.31. The van der Waals surface area contributed by atoms with Gasteiger partial charge in [-0.25, -0.2) is 4.98 Å². The van der Waals surface area contributed by atoms with Gasteiger partial charge in [0.15, 0.2) is 6.10 Å². The van der Waals surface area contributed by atoms with E-state index in [1.54, 1.807) is 47.7 Å². The summed E-state index contributed by atoms with van der Waals surface area (Å²) in [6.45, 7) is 0. The number of thiazole rings is 1. The van der Waals surface area contributed by atoms with Crippen molar-refractivity contribution in [3.63, 3.8) is 0 Å². The van der Waals surface area contributed by atoms with Gasteiger partial charge in [0.25, 0.3) is 0 Å². The Labute approximate surface area is 172 Å². The number of Topliss-reactive ketones (excluding diaryl/α,β-unsaturated/α-hetero) is 1. The van der Waals surface area contributed by atoms with Crippen LogP contribution in [0.25, 0.3) is 10.2 Å². The SMILES string of the molecule is O=C(CCc1nc2ccccc2s1)OC(C(=O)c1ccccc1)c1ccccc1. The second kappa shape index (κ2) is 8.80. The summed E-state index contributed by atoms with van der Waals surface area (Å²) in [5.41, 5.74) is 2.11. The number of fused-ring (bicyclic) bond motifs is 1. The lowest BCUT2D eigenvalue weighted by atomic mass is 10.00. The zero-order valence-electron chi connectivity index (χ0n) is 15.7. The second-order valence-corrected chi connectivity index (χ2v) is 7.70. The molecule has 0 radical (unpaired) electrons. The van der Waals surface area contributed by atoms with E-state index < -0.39 is 12.1 Å². The summed E-state index contributed by atoms with van der Waals surface area (Å²) < 4.78 is 6.73. The fraction of sp³-hybridized carbons (Fsp3) is 0.125. The Balaban J connectivity index is 1.48. The molecular formula is C24H19NO3S. The van der Waals surface area contributed by atoms with Gasteiger partial charge in [0.05, 0.1) is 21.6 Å². The fourth-order valence-corrected chi connectivity index (χ4v) is 4.05. The van der Waals surface area contributed by atoms with Gasteiger partial charge in [-0.2, -0.15) is 0 Å². The Kier molecular flexibility index (Phi) is 5.77. The van der Waals surface area contributed by atoms with E-state index in [1.165, 1.54) is 0 Å². The number of hydrogen-bond acceptors (Lipinski definition) is 5. The minimum atomic E-state index is -0.957. The summed E-state index contributed by atoms with van der Waals surface area (Å²) in [7, 11) is 0. The molecule has 4 aromatic rings. The number of ether oxygens (including phenoxy) is 1. The van der Waals surface area contributed by atoms with Crippen molar-refractivity contribution >= 4 is 33.3 Å². The minimum absolute atomic E-state index is 0.172. The summed E-state index contributed by atoms with van der Waals surface area (Å²) in [4.78, 5) is 30.1. The van der Waals surface area contributed by atoms with Crippen molar-refractivity contribution < 1.29 is 14.3 Å². The first-order valence-electron chi connectivity index (χ1n) is 9.39. The van der Waals surface area contributed by atoms with E-state index in [0.29, 0.717) is 17.5 Å². The van der Waals surface area contributed by atoms with Crippen LogP contribution in [0.3, 0.4) is 0 Å². The third kappa shape index (κ3) is 4.58. The molecule has 29 heavy (non-hydrogen) atoms. The minimum Gasteiger partial charge on any atom is -0.449 e. The molecule has 4 nitrogen and oxygen atoms in total. The molecule has 5 heteroatoms. The van der Waals surface area contributed by atoms with Crippen LogP contribution in [0.4, 0.5) is 0 Å². The Morgan fingerprint density at radius 1 is 0.862 bits per heavy atom. The number of para-hydroxylation sites is 1. The number of hydrogen-bond donors (Lipinski definition) is 0. The first kappa shape index (κ1) is 19.0. The zero-order valence-corrected chi connectivity index (χ0v) is 16.5. The maximum absolute atomic E-state index is 13.0. The Morgan fingerprint density at radius 3 is 2.24 bits per heavy atom. The van der Waals surface area contributed by atoms with Gasteiger partial charge >= 0.3 is 5.97 Å². The maximum atomic E-state index is 13.0. The fourth-order valence-electron chi connectivity index (χ4n) is 3.08. The van der Waals surface area contributed by atoms with Crippen LogP contribution in [-0.2, 0) is 16.0 Å². The lowest BCUT2D eigenvalue weighted by Crippen LogP contribution is -2.20. The van der Waals surface area contributed by atoms with Gasteiger partial charge in [0.2, 0.25) is 5.78 Å². The molecule has 1 aromatic heterocycles. The van der Waals surface area contributed by atoms with Gasteiger partial charge in [0.1, 0.15) is 0 Å². The molecular weight excluding hydrogens is 382 g/mol. The summed E-state index contributed by atoms with van der Waals surface area (Å²) in [6.07, 6.45) is -0.300. The summed E-state index contributed by atoms with van der Waals surface area (Å²) >= 11 is 1.57. The number of carbonyl (C=O) groups is 2. The molecule has 0 bridgehead atoms. The number of nitrogens with zero attached hydrogens (tertiary/aromatic N) is 1. The molecule has 1 unspecified atom stereocenters. The highest BCUT2D eigenvalue weighted by Crippen LogP contribution is 2.25.